The molecule has 0 saturated heterocycles. The Labute approximate surface area is 188 Å². The highest BCUT2D eigenvalue weighted by atomic mass is 16.2. The number of nitrogens with one attached hydrogen (secondary N) is 2. The van der Waals surface area contributed by atoms with E-state index in [-0.39, 0.29) is 29.6 Å². The number of fused-ring (bicyclic) bond motifs is 2. The molecule has 0 unspecified atom stereocenters. The largest absolute Gasteiger partial charge is 0.344 e. The monoisotopic (exact) mass is 428 g/mol. The Balaban J connectivity index is 1.30. The maximum absolute atomic E-state index is 13.0. The standard InChI is InChI=1S/C26H28N4O2/c1-30-24(26(32)28-22-15-7-11-18-9-3-5-13-20(18)22)16-23(29-30)25(31)27-21-14-6-10-17-8-2-4-12-19(17)21/h2-5,8-9,12-13,16,21-22H,6-7,10-11,14-15H2,1H3,(H,27,31)(H,28,32)/t21-,22+/m0/s1. The number of carbonyl (C=O) groups excluding carboxylic acids is 2. The van der Waals surface area contributed by atoms with Crippen molar-refractivity contribution in [3.63, 3.8) is 0 Å². The highest BCUT2D eigenvalue weighted by Crippen LogP contribution is 2.31. The Morgan fingerprint density at radius 2 is 1.38 bits per heavy atom. The number of hydrogen-bond acceptors (Lipinski definition) is 3. The fourth-order valence-electron chi connectivity index (χ4n) is 5.06. The molecule has 0 bridgehead atoms. The Morgan fingerprint density at radius 1 is 0.844 bits per heavy atom. The molecule has 2 atom stereocenters. The van der Waals surface area contributed by atoms with E-state index < -0.39 is 0 Å². The van der Waals surface area contributed by atoms with Crippen molar-refractivity contribution in [2.45, 2.75) is 50.6 Å². The van der Waals surface area contributed by atoms with Crippen LogP contribution in [-0.2, 0) is 19.9 Å². The lowest BCUT2D eigenvalue weighted by Crippen LogP contribution is -2.32. The molecule has 6 nitrogen and oxygen atoms in total. The second kappa shape index (κ2) is 8.61. The molecule has 6 heteroatoms. The lowest BCUT2D eigenvalue weighted by atomic mass is 9.87. The van der Waals surface area contributed by atoms with Gasteiger partial charge in [0.25, 0.3) is 11.8 Å². The summed E-state index contributed by atoms with van der Waals surface area (Å²) in [7, 11) is 1.70. The third kappa shape index (κ3) is 3.93. The maximum atomic E-state index is 13.0. The van der Waals surface area contributed by atoms with Gasteiger partial charge in [-0.2, -0.15) is 5.10 Å². The number of benzene rings is 2. The molecule has 2 aliphatic carbocycles. The van der Waals surface area contributed by atoms with Crippen LogP contribution in [0.2, 0.25) is 0 Å². The van der Waals surface area contributed by atoms with Crippen molar-refractivity contribution in [2.75, 3.05) is 0 Å². The van der Waals surface area contributed by atoms with Gasteiger partial charge in [0.2, 0.25) is 0 Å². The summed E-state index contributed by atoms with van der Waals surface area (Å²) in [6.45, 7) is 0. The molecule has 2 N–H and O–H groups in total. The second-order valence-electron chi connectivity index (χ2n) is 8.77. The van der Waals surface area contributed by atoms with Gasteiger partial charge < -0.3 is 10.6 Å². The van der Waals surface area contributed by atoms with E-state index in [1.165, 1.54) is 26.9 Å². The number of carbonyl (C=O) groups is 2. The average Bonchev–Trinajstić information content (AvgIpc) is 3.21. The van der Waals surface area contributed by atoms with E-state index in [1.54, 1.807) is 13.1 Å². The molecule has 2 amide bonds. The third-order valence-electron chi connectivity index (χ3n) is 6.69. The Hall–Kier alpha value is -3.41. The van der Waals surface area contributed by atoms with Crippen LogP contribution in [0.3, 0.4) is 0 Å². The third-order valence-corrected chi connectivity index (χ3v) is 6.69. The van der Waals surface area contributed by atoms with E-state index in [9.17, 15) is 9.59 Å². The quantitative estimate of drug-likeness (QED) is 0.659. The second-order valence-corrected chi connectivity index (χ2v) is 8.77. The van der Waals surface area contributed by atoms with E-state index >= 15 is 0 Å². The van der Waals surface area contributed by atoms with Crippen molar-refractivity contribution in [1.82, 2.24) is 20.4 Å². The fraction of sp³-hybridized carbons (Fsp3) is 0.346. The zero-order valence-electron chi connectivity index (χ0n) is 18.3. The molecule has 3 aromatic rings. The van der Waals surface area contributed by atoms with Gasteiger partial charge in [-0.3, -0.25) is 14.3 Å². The van der Waals surface area contributed by atoms with E-state index in [2.05, 4.69) is 40.0 Å². The number of aryl methyl sites for hydroxylation is 3. The first-order valence-electron chi connectivity index (χ1n) is 11.4. The average molecular weight is 429 g/mol. The molecule has 1 heterocycles. The summed E-state index contributed by atoms with van der Waals surface area (Å²) < 4.78 is 1.49. The molecular weight excluding hydrogens is 400 g/mol. The van der Waals surface area contributed by atoms with Gasteiger partial charge >= 0.3 is 0 Å². The first-order chi connectivity index (χ1) is 15.6. The molecule has 0 fully saturated rings. The van der Waals surface area contributed by atoms with E-state index in [1.807, 2.05) is 24.3 Å². The minimum atomic E-state index is -0.246. The summed E-state index contributed by atoms with van der Waals surface area (Å²) in [5, 5.41) is 10.6. The molecule has 0 aliphatic heterocycles. The molecule has 2 aliphatic rings. The molecular formula is C26H28N4O2. The summed E-state index contributed by atoms with van der Waals surface area (Å²) in [6.07, 6.45) is 5.99. The summed E-state index contributed by atoms with van der Waals surface area (Å²) in [5.41, 5.74) is 5.60. The van der Waals surface area contributed by atoms with Crippen LogP contribution in [0.25, 0.3) is 0 Å². The van der Waals surface area contributed by atoms with Crippen molar-refractivity contribution in [3.8, 4) is 0 Å². The van der Waals surface area contributed by atoms with Crippen LogP contribution < -0.4 is 10.6 Å². The number of rotatable bonds is 4. The van der Waals surface area contributed by atoms with Crippen molar-refractivity contribution in [1.29, 1.82) is 0 Å². The van der Waals surface area contributed by atoms with Gasteiger partial charge in [0.05, 0.1) is 12.1 Å². The Morgan fingerprint density at radius 3 is 1.97 bits per heavy atom. The molecule has 0 saturated carbocycles. The minimum Gasteiger partial charge on any atom is -0.344 e. The smallest absolute Gasteiger partial charge is 0.272 e. The van der Waals surface area contributed by atoms with Gasteiger partial charge in [0.1, 0.15) is 5.69 Å². The van der Waals surface area contributed by atoms with Crippen molar-refractivity contribution in [3.05, 3.63) is 88.2 Å². The summed E-state index contributed by atoms with van der Waals surface area (Å²) in [5.74, 6) is -0.451. The number of nitrogens with zero attached hydrogens (tertiary/aromatic N) is 2. The first kappa shape index (κ1) is 20.5. The Bertz CT molecular complexity index is 1170. The van der Waals surface area contributed by atoms with Crippen molar-refractivity contribution in [2.24, 2.45) is 7.05 Å². The number of aromatic nitrogens is 2. The van der Waals surface area contributed by atoms with Crippen LogP contribution in [0.15, 0.2) is 54.6 Å². The number of hydrogen-bond donors (Lipinski definition) is 2. The predicted octanol–water partition coefficient (Wildman–Crippen LogP) is 4.03. The van der Waals surface area contributed by atoms with Crippen LogP contribution in [0.4, 0.5) is 0 Å². The van der Waals surface area contributed by atoms with E-state index in [0.29, 0.717) is 5.69 Å². The molecule has 164 valence electrons. The van der Waals surface area contributed by atoms with Crippen LogP contribution >= 0.6 is 0 Å². The first-order valence-corrected chi connectivity index (χ1v) is 11.4. The van der Waals surface area contributed by atoms with Gasteiger partial charge in [-0.25, -0.2) is 0 Å². The van der Waals surface area contributed by atoms with E-state index in [0.717, 1.165) is 38.5 Å². The summed E-state index contributed by atoms with van der Waals surface area (Å²) in [4.78, 5) is 26.0. The van der Waals surface area contributed by atoms with Gasteiger partial charge in [0.15, 0.2) is 5.69 Å². The topological polar surface area (TPSA) is 76.0 Å². The molecule has 1 aromatic heterocycles. The van der Waals surface area contributed by atoms with Gasteiger partial charge in [-0.15, -0.1) is 0 Å². The van der Waals surface area contributed by atoms with Gasteiger partial charge in [0, 0.05) is 13.1 Å². The molecule has 2 aromatic carbocycles. The zero-order chi connectivity index (χ0) is 22.1. The van der Waals surface area contributed by atoms with Crippen LogP contribution in [-0.4, -0.2) is 21.6 Å². The predicted molar refractivity (Wildman–Crippen MR) is 122 cm³/mol. The minimum absolute atomic E-state index is 0.0154. The van der Waals surface area contributed by atoms with Crippen LogP contribution in [0.5, 0.6) is 0 Å². The fourth-order valence-corrected chi connectivity index (χ4v) is 5.06. The molecule has 0 spiro atoms. The number of amides is 2. The van der Waals surface area contributed by atoms with E-state index in [4.69, 9.17) is 0 Å². The Kier molecular flexibility index (Phi) is 5.52. The summed E-state index contributed by atoms with van der Waals surface area (Å²) in [6, 6.07) is 18.1. The maximum Gasteiger partial charge on any atom is 0.272 e. The highest BCUT2D eigenvalue weighted by molar-refractivity contribution is 5.98. The van der Waals surface area contributed by atoms with Gasteiger partial charge in [-0.1, -0.05) is 48.5 Å². The molecule has 0 radical (unpaired) electrons. The SMILES string of the molecule is Cn1nc(C(=O)N[C@H]2CCCc3ccccc32)cc1C(=O)N[C@@H]1CCCc2ccccc21. The molecule has 32 heavy (non-hydrogen) atoms. The lowest BCUT2D eigenvalue weighted by molar-refractivity contribution is 0.0917. The lowest BCUT2D eigenvalue weighted by Gasteiger charge is -2.26. The highest BCUT2D eigenvalue weighted by Gasteiger charge is 2.26. The normalized spacial score (nSPS) is 19.5. The van der Waals surface area contributed by atoms with Gasteiger partial charge in [-0.05, 0) is 60.8 Å². The molecule has 5 rings (SSSR count). The zero-order valence-corrected chi connectivity index (χ0v) is 18.3. The van der Waals surface area contributed by atoms with Crippen LogP contribution in [0.1, 0.15) is 81.0 Å². The summed E-state index contributed by atoms with van der Waals surface area (Å²) >= 11 is 0. The van der Waals surface area contributed by atoms with Crippen LogP contribution in [0, 0.1) is 0 Å². The van der Waals surface area contributed by atoms with Crippen molar-refractivity contribution >= 4 is 11.8 Å². The van der Waals surface area contributed by atoms with Crippen molar-refractivity contribution < 1.29 is 9.59 Å².